The first-order chi connectivity index (χ1) is 9.87. The molecule has 0 bridgehead atoms. The third-order valence-corrected chi connectivity index (χ3v) is 5.38. The van der Waals surface area contributed by atoms with Crippen LogP contribution in [0.5, 0.6) is 0 Å². The number of nitrogens with one attached hydrogen (secondary N) is 1. The van der Waals surface area contributed by atoms with Crippen molar-refractivity contribution in [3.8, 4) is 0 Å². The number of hydrogen-bond acceptors (Lipinski definition) is 3. The summed E-state index contributed by atoms with van der Waals surface area (Å²) in [6, 6.07) is -0.360. The molecule has 0 aromatic carbocycles. The van der Waals surface area contributed by atoms with Crippen LogP contribution in [-0.4, -0.2) is 65.7 Å². The summed E-state index contributed by atoms with van der Waals surface area (Å²) < 4.78 is 0. The number of urea groups is 1. The fraction of sp³-hybridized carbons (Fsp3) is 0.867. The van der Waals surface area contributed by atoms with Crippen molar-refractivity contribution in [1.29, 1.82) is 0 Å². The number of rotatable bonds is 4. The lowest BCUT2D eigenvalue weighted by Gasteiger charge is -2.37. The lowest BCUT2D eigenvalue weighted by molar-refractivity contribution is -0.142. The Balaban J connectivity index is 1.92. The highest BCUT2D eigenvalue weighted by Gasteiger charge is 2.40. The van der Waals surface area contributed by atoms with Crippen LogP contribution in [0.4, 0.5) is 4.79 Å². The summed E-state index contributed by atoms with van der Waals surface area (Å²) in [5.74, 6) is -1.25. The lowest BCUT2D eigenvalue weighted by Crippen LogP contribution is -2.53. The van der Waals surface area contributed by atoms with Crippen LogP contribution in [0.1, 0.15) is 39.0 Å². The Morgan fingerprint density at radius 2 is 1.95 bits per heavy atom. The molecule has 2 rings (SSSR count). The Labute approximate surface area is 126 Å². The fourth-order valence-corrected chi connectivity index (χ4v) is 3.71. The Morgan fingerprint density at radius 3 is 2.43 bits per heavy atom. The molecule has 0 radical (unpaired) electrons. The molecule has 1 aliphatic heterocycles. The van der Waals surface area contributed by atoms with E-state index in [1.807, 2.05) is 6.92 Å². The standard InChI is InChI=1S/C15H27N3O3/c1-11-12(13(19)20)6-9-18(11)14(21)16-10-15(17(2)3)7-4-5-8-15/h11-12H,4-10H2,1-3H3,(H,16,21)(H,19,20). The number of nitrogens with zero attached hydrogens (tertiary/aromatic N) is 2. The van der Waals surface area contributed by atoms with Gasteiger partial charge in [-0.1, -0.05) is 12.8 Å². The molecule has 2 fully saturated rings. The van der Waals surface area contributed by atoms with Crippen LogP contribution in [0.25, 0.3) is 0 Å². The molecule has 6 nitrogen and oxygen atoms in total. The number of carboxylic acids is 1. The Morgan fingerprint density at radius 1 is 1.33 bits per heavy atom. The summed E-state index contributed by atoms with van der Waals surface area (Å²) in [7, 11) is 4.13. The van der Waals surface area contributed by atoms with Gasteiger partial charge < -0.3 is 20.2 Å². The number of likely N-dealkylation sites (N-methyl/N-ethyl adjacent to an activating group) is 1. The van der Waals surface area contributed by atoms with Gasteiger partial charge in [-0.05, 0) is 40.3 Å². The lowest BCUT2D eigenvalue weighted by atomic mass is 9.96. The molecule has 0 aromatic heterocycles. The molecule has 21 heavy (non-hydrogen) atoms. The van der Waals surface area contributed by atoms with Gasteiger partial charge in [-0.15, -0.1) is 0 Å². The van der Waals surface area contributed by atoms with E-state index in [2.05, 4.69) is 24.3 Å². The zero-order chi connectivity index (χ0) is 15.6. The summed E-state index contributed by atoms with van der Waals surface area (Å²) in [6.45, 7) is 2.99. The maximum atomic E-state index is 12.3. The van der Waals surface area contributed by atoms with Crippen molar-refractivity contribution in [1.82, 2.24) is 15.1 Å². The highest BCUT2D eigenvalue weighted by molar-refractivity contribution is 5.78. The van der Waals surface area contributed by atoms with E-state index in [1.165, 1.54) is 12.8 Å². The van der Waals surface area contributed by atoms with E-state index in [-0.39, 0.29) is 17.6 Å². The smallest absolute Gasteiger partial charge is 0.317 e. The SMILES string of the molecule is CC1C(C(=O)O)CCN1C(=O)NCC1(N(C)C)CCCC1. The van der Waals surface area contributed by atoms with E-state index in [1.54, 1.807) is 4.90 Å². The zero-order valence-corrected chi connectivity index (χ0v) is 13.3. The minimum atomic E-state index is -0.807. The molecular formula is C15H27N3O3. The Kier molecular flexibility index (Phi) is 4.76. The summed E-state index contributed by atoms with van der Waals surface area (Å²) >= 11 is 0. The molecule has 2 aliphatic rings. The second-order valence-electron chi connectivity index (χ2n) is 6.65. The van der Waals surface area contributed by atoms with Gasteiger partial charge in [0.15, 0.2) is 0 Å². The Hall–Kier alpha value is -1.30. The van der Waals surface area contributed by atoms with Crippen LogP contribution < -0.4 is 5.32 Å². The molecule has 2 N–H and O–H groups in total. The number of carbonyl (C=O) groups excluding carboxylic acids is 1. The second-order valence-corrected chi connectivity index (χ2v) is 6.65. The topological polar surface area (TPSA) is 72.9 Å². The average molecular weight is 297 g/mol. The number of carboxylic acid groups (broad SMARTS) is 1. The number of likely N-dealkylation sites (tertiary alicyclic amines) is 1. The van der Waals surface area contributed by atoms with Crippen LogP contribution in [0, 0.1) is 5.92 Å². The van der Waals surface area contributed by atoms with Crippen molar-refractivity contribution in [2.75, 3.05) is 27.2 Å². The Bertz CT molecular complexity index is 405. The van der Waals surface area contributed by atoms with Crippen LogP contribution >= 0.6 is 0 Å². The van der Waals surface area contributed by atoms with E-state index in [4.69, 9.17) is 5.11 Å². The quantitative estimate of drug-likeness (QED) is 0.822. The minimum Gasteiger partial charge on any atom is -0.481 e. The van der Waals surface area contributed by atoms with Crippen molar-refractivity contribution < 1.29 is 14.7 Å². The molecular weight excluding hydrogens is 270 g/mol. The average Bonchev–Trinajstić information content (AvgIpc) is 3.03. The minimum absolute atomic E-state index is 0.0603. The molecule has 1 aliphatic carbocycles. The van der Waals surface area contributed by atoms with Crippen LogP contribution in [0.2, 0.25) is 0 Å². The van der Waals surface area contributed by atoms with Gasteiger partial charge in [-0.2, -0.15) is 0 Å². The van der Waals surface area contributed by atoms with Crippen molar-refractivity contribution in [2.24, 2.45) is 5.92 Å². The van der Waals surface area contributed by atoms with Crippen molar-refractivity contribution in [3.05, 3.63) is 0 Å². The van der Waals surface area contributed by atoms with E-state index in [0.717, 1.165) is 12.8 Å². The number of amides is 2. The van der Waals surface area contributed by atoms with Gasteiger partial charge in [0.1, 0.15) is 0 Å². The third kappa shape index (κ3) is 3.15. The molecule has 1 heterocycles. The first kappa shape index (κ1) is 16.1. The van der Waals surface area contributed by atoms with Crippen LogP contribution in [-0.2, 0) is 4.79 Å². The van der Waals surface area contributed by atoms with Gasteiger partial charge in [0.2, 0.25) is 0 Å². The van der Waals surface area contributed by atoms with Crippen molar-refractivity contribution >= 4 is 12.0 Å². The predicted molar refractivity (Wildman–Crippen MR) is 80.2 cm³/mol. The number of carbonyl (C=O) groups is 2. The number of aliphatic carboxylic acids is 1. The summed E-state index contributed by atoms with van der Waals surface area (Å²) in [5.41, 5.74) is 0.0603. The van der Waals surface area contributed by atoms with Gasteiger partial charge in [-0.25, -0.2) is 4.79 Å². The molecule has 0 aromatic rings. The monoisotopic (exact) mass is 297 g/mol. The van der Waals surface area contributed by atoms with Crippen LogP contribution in [0.3, 0.4) is 0 Å². The van der Waals surface area contributed by atoms with E-state index in [0.29, 0.717) is 19.5 Å². The van der Waals surface area contributed by atoms with Gasteiger partial charge in [-0.3, -0.25) is 4.79 Å². The molecule has 1 saturated heterocycles. The highest BCUT2D eigenvalue weighted by Crippen LogP contribution is 2.33. The van der Waals surface area contributed by atoms with Crippen molar-refractivity contribution in [2.45, 2.75) is 50.6 Å². The van der Waals surface area contributed by atoms with E-state index >= 15 is 0 Å². The largest absolute Gasteiger partial charge is 0.481 e. The highest BCUT2D eigenvalue weighted by atomic mass is 16.4. The van der Waals surface area contributed by atoms with Gasteiger partial charge in [0, 0.05) is 24.7 Å². The molecule has 1 saturated carbocycles. The van der Waals surface area contributed by atoms with Gasteiger partial charge in [0.25, 0.3) is 0 Å². The molecule has 0 spiro atoms. The van der Waals surface area contributed by atoms with Crippen molar-refractivity contribution in [3.63, 3.8) is 0 Å². The van der Waals surface area contributed by atoms with E-state index < -0.39 is 11.9 Å². The fourth-order valence-electron chi connectivity index (χ4n) is 3.71. The maximum Gasteiger partial charge on any atom is 0.317 e. The predicted octanol–water partition coefficient (Wildman–Crippen LogP) is 1.37. The molecule has 2 atom stereocenters. The molecule has 6 heteroatoms. The molecule has 120 valence electrons. The van der Waals surface area contributed by atoms with Gasteiger partial charge >= 0.3 is 12.0 Å². The number of hydrogen-bond donors (Lipinski definition) is 2. The summed E-state index contributed by atoms with van der Waals surface area (Å²) in [4.78, 5) is 27.4. The van der Waals surface area contributed by atoms with Gasteiger partial charge in [0.05, 0.1) is 5.92 Å². The maximum absolute atomic E-state index is 12.3. The summed E-state index contributed by atoms with van der Waals surface area (Å²) in [6.07, 6.45) is 5.16. The summed E-state index contributed by atoms with van der Waals surface area (Å²) in [5, 5.41) is 12.2. The van der Waals surface area contributed by atoms with Crippen LogP contribution in [0.15, 0.2) is 0 Å². The first-order valence-corrected chi connectivity index (χ1v) is 7.82. The van der Waals surface area contributed by atoms with E-state index in [9.17, 15) is 9.59 Å². The molecule has 2 unspecified atom stereocenters. The first-order valence-electron chi connectivity index (χ1n) is 7.82. The normalized spacial score (nSPS) is 28.1. The third-order valence-electron chi connectivity index (χ3n) is 5.38. The molecule has 2 amide bonds. The zero-order valence-electron chi connectivity index (χ0n) is 13.3. The second kappa shape index (κ2) is 6.22.